The predicted molar refractivity (Wildman–Crippen MR) is 149 cm³/mol. The van der Waals surface area contributed by atoms with Gasteiger partial charge in [-0.3, -0.25) is 14.2 Å². The first-order valence-corrected chi connectivity index (χ1v) is 13.5. The molecule has 1 aliphatic rings. The summed E-state index contributed by atoms with van der Waals surface area (Å²) in [6, 6.07) is 20.0. The van der Waals surface area contributed by atoms with Crippen molar-refractivity contribution in [3.8, 4) is 0 Å². The number of carboxylic acid groups (broad SMARTS) is 1. The molecule has 0 aliphatic carbocycles. The molecule has 194 valence electrons. The predicted octanol–water partition coefficient (Wildman–Crippen LogP) is 4.78. The Kier molecular flexibility index (Phi) is 8.73. The number of ether oxygens (including phenoxy) is 1. The molecule has 4 aromatic rings. The molecule has 38 heavy (non-hydrogen) atoms. The van der Waals surface area contributed by atoms with E-state index in [1.54, 1.807) is 23.6 Å². The van der Waals surface area contributed by atoms with Gasteiger partial charge >= 0.3 is 5.97 Å². The van der Waals surface area contributed by atoms with E-state index >= 15 is 0 Å². The number of halogens is 1. The van der Waals surface area contributed by atoms with E-state index in [9.17, 15) is 9.59 Å². The fraction of sp³-hybridized carbons (Fsp3) is 0.143. The van der Waals surface area contributed by atoms with E-state index in [1.165, 1.54) is 22.7 Å². The average Bonchev–Trinajstić information content (AvgIpc) is 3.52. The number of esters is 1. The van der Waals surface area contributed by atoms with E-state index < -0.39 is 18.0 Å². The summed E-state index contributed by atoms with van der Waals surface area (Å²) in [4.78, 5) is 41.9. The quantitative estimate of drug-likeness (QED) is 0.350. The standard InChI is InChI=1S/C26H19ClN2O3S2.C2H4O2/c1-16-22(25(31)32-15-18-6-3-2-4-7-18)23(20-8-5-13-33-20)29-24(30)21(34-26(29)28-16)14-17-9-11-19(27)12-10-17;1-2(3)4/h2-14,23H,15H2,1H3;1H3,(H,3,4)/b21-14+;. The van der Waals surface area contributed by atoms with Gasteiger partial charge in [0.1, 0.15) is 12.6 Å². The highest BCUT2D eigenvalue weighted by Gasteiger charge is 2.34. The van der Waals surface area contributed by atoms with E-state index in [0.717, 1.165) is 22.9 Å². The zero-order valence-electron chi connectivity index (χ0n) is 20.5. The second-order valence-corrected chi connectivity index (χ2v) is 10.7. The van der Waals surface area contributed by atoms with Gasteiger partial charge in [-0.15, -0.1) is 11.3 Å². The Hall–Kier alpha value is -3.79. The summed E-state index contributed by atoms with van der Waals surface area (Å²) in [5.74, 6) is -1.31. The lowest BCUT2D eigenvalue weighted by Gasteiger charge is -2.23. The van der Waals surface area contributed by atoms with Crippen LogP contribution in [0.2, 0.25) is 5.02 Å². The highest BCUT2D eigenvalue weighted by molar-refractivity contribution is 7.10. The number of thiophene rings is 1. The van der Waals surface area contributed by atoms with Gasteiger partial charge in [-0.05, 0) is 47.7 Å². The van der Waals surface area contributed by atoms with Crippen molar-refractivity contribution in [2.24, 2.45) is 4.99 Å². The fourth-order valence-corrected chi connectivity index (χ4v) is 5.81. The molecular weight excluding hydrogens is 544 g/mol. The summed E-state index contributed by atoms with van der Waals surface area (Å²) in [5, 5.41) is 9.98. The van der Waals surface area contributed by atoms with Crippen molar-refractivity contribution in [1.29, 1.82) is 0 Å². The van der Waals surface area contributed by atoms with Crippen LogP contribution in [0.25, 0.3) is 6.08 Å². The molecule has 0 radical (unpaired) electrons. The molecule has 0 spiro atoms. The summed E-state index contributed by atoms with van der Waals surface area (Å²) in [7, 11) is 0. The van der Waals surface area contributed by atoms with Gasteiger partial charge in [0, 0.05) is 16.8 Å². The number of carbonyl (C=O) groups is 2. The van der Waals surface area contributed by atoms with Crippen molar-refractivity contribution < 1.29 is 19.4 Å². The second kappa shape index (κ2) is 12.2. The maximum absolute atomic E-state index is 13.5. The van der Waals surface area contributed by atoms with Crippen molar-refractivity contribution in [3.05, 3.63) is 124 Å². The molecule has 1 N–H and O–H groups in total. The number of thiazole rings is 1. The van der Waals surface area contributed by atoms with Gasteiger partial charge in [0.05, 0.1) is 15.8 Å². The number of hydrogen-bond acceptors (Lipinski definition) is 7. The van der Waals surface area contributed by atoms with Crippen molar-refractivity contribution in [2.45, 2.75) is 26.5 Å². The highest BCUT2D eigenvalue weighted by atomic mass is 35.5. The second-order valence-electron chi connectivity index (χ2n) is 8.23. The number of carboxylic acids is 1. The maximum atomic E-state index is 13.5. The third-order valence-corrected chi connectivity index (χ3v) is 7.59. The molecule has 1 aliphatic heterocycles. The Morgan fingerprint density at radius 3 is 2.42 bits per heavy atom. The van der Waals surface area contributed by atoms with Gasteiger partial charge in [-0.2, -0.15) is 0 Å². The molecule has 3 heterocycles. The zero-order chi connectivity index (χ0) is 27.2. The van der Waals surface area contributed by atoms with Gasteiger partial charge in [-0.1, -0.05) is 71.5 Å². The summed E-state index contributed by atoms with van der Waals surface area (Å²) >= 11 is 8.78. The largest absolute Gasteiger partial charge is 0.481 e. The lowest BCUT2D eigenvalue weighted by molar-refractivity contribution is -0.141. The normalized spacial score (nSPS) is 14.7. The number of carbonyl (C=O) groups excluding carboxylic acids is 1. The topological polar surface area (TPSA) is 98.0 Å². The van der Waals surface area contributed by atoms with E-state index in [0.29, 0.717) is 25.6 Å². The van der Waals surface area contributed by atoms with Crippen LogP contribution in [0.5, 0.6) is 0 Å². The van der Waals surface area contributed by atoms with Gasteiger partial charge < -0.3 is 9.84 Å². The highest BCUT2D eigenvalue weighted by Crippen LogP contribution is 2.33. The Labute approximate surface area is 231 Å². The number of aliphatic carboxylic acids is 1. The number of aromatic nitrogens is 1. The van der Waals surface area contributed by atoms with Gasteiger partial charge in [0.25, 0.3) is 11.5 Å². The SMILES string of the molecule is CC(=O)O.CC1=C(C(=O)OCc2ccccc2)C(c2cccs2)n2c(s/c(=C/c3ccc(Cl)cc3)c2=O)=N1. The third-order valence-electron chi connectivity index (χ3n) is 5.43. The first kappa shape index (κ1) is 27.3. The van der Waals surface area contributed by atoms with Crippen molar-refractivity contribution in [2.75, 3.05) is 0 Å². The van der Waals surface area contributed by atoms with E-state index in [4.69, 9.17) is 26.2 Å². The molecule has 1 unspecified atom stereocenters. The lowest BCUT2D eigenvalue weighted by atomic mass is 10.0. The minimum atomic E-state index is -0.833. The Bertz CT molecular complexity index is 1650. The minimum absolute atomic E-state index is 0.147. The van der Waals surface area contributed by atoms with Crippen LogP contribution in [0.3, 0.4) is 0 Å². The molecule has 7 nitrogen and oxygen atoms in total. The number of rotatable bonds is 5. The molecule has 0 fully saturated rings. The summed E-state index contributed by atoms with van der Waals surface area (Å²) in [5.41, 5.74) is 2.49. The van der Waals surface area contributed by atoms with E-state index in [-0.39, 0.29) is 12.2 Å². The molecule has 10 heteroatoms. The molecule has 2 aromatic heterocycles. The summed E-state index contributed by atoms with van der Waals surface area (Å²) in [6.45, 7) is 3.02. The van der Waals surface area contributed by atoms with Crippen LogP contribution in [0.4, 0.5) is 0 Å². The first-order chi connectivity index (χ1) is 18.2. The number of hydrogen-bond donors (Lipinski definition) is 1. The van der Waals surface area contributed by atoms with Crippen LogP contribution in [-0.4, -0.2) is 21.6 Å². The molecule has 0 saturated heterocycles. The number of fused-ring (bicyclic) bond motifs is 1. The van der Waals surface area contributed by atoms with Crippen LogP contribution in [0, 0.1) is 0 Å². The zero-order valence-corrected chi connectivity index (χ0v) is 22.8. The van der Waals surface area contributed by atoms with E-state index in [1.807, 2.05) is 66.1 Å². The Morgan fingerprint density at radius 1 is 1.11 bits per heavy atom. The number of nitrogens with zero attached hydrogens (tertiary/aromatic N) is 2. The molecule has 5 rings (SSSR count). The van der Waals surface area contributed by atoms with Crippen LogP contribution < -0.4 is 14.9 Å². The smallest absolute Gasteiger partial charge is 0.338 e. The maximum Gasteiger partial charge on any atom is 0.338 e. The van der Waals surface area contributed by atoms with Crippen molar-refractivity contribution in [1.82, 2.24) is 4.57 Å². The molecule has 0 amide bonds. The van der Waals surface area contributed by atoms with Gasteiger partial charge in [0.2, 0.25) is 0 Å². The third kappa shape index (κ3) is 6.36. The molecule has 0 saturated carbocycles. The fourth-order valence-electron chi connectivity index (χ4n) is 3.81. The van der Waals surface area contributed by atoms with Gasteiger partial charge in [-0.25, -0.2) is 9.79 Å². The van der Waals surface area contributed by atoms with Crippen molar-refractivity contribution in [3.63, 3.8) is 0 Å². The molecule has 0 bridgehead atoms. The number of allylic oxidation sites excluding steroid dienone is 1. The van der Waals surface area contributed by atoms with E-state index in [2.05, 4.69) is 4.99 Å². The Balaban J connectivity index is 0.000000786. The Morgan fingerprint density at radius 2 is 1.79 bits per heavy atom. The number of benzene rings is 2. The lowest BCUT2D eigenvalue weighted by Crippen LogP contribution is -2.39. The summed E-state index contributed by atoms with van der Waals surface area (Å²) in [6.07, 6.45) is 1.82. The van der Waals surface area contributed by atoms with Crippen LogP contribution >= 0.6 is 34.3 Å². The molecule has 2 aromatic carbocycles. The molecule has 1 atom stereocenters. The van der Waals surface area contributed by atoms with Crippen LogP contribution in [0.15, 0.2) is 93.2 Å². The van der Waals surface area contributed by atoms with Crippen LogP contribution in [-0.2, 0) is 20.9 Å². The van der Waals surface area contributed by atoms with Crippen molar-refractivity contribution >= 4 is 52.3 Å². The van der Waals surface area contributed by atoms with Crippen LogP contribution in [0.1, 0.15) is 35.9 Å². The van der Waals surface area contributed by atoms with Gasteiger partial charge in [0.15, 0.2) is 4.80 Å². The summed E-state index contributed by atoms with van der Waals surface area (Å²) < 4.78 is 7.79. The minimum Gasteiger partial charge on any atom is -0.481 e. The monoisotopic (exact) mass is 566 g/mol. The molecular formula is C28H23ClN2O5S2. The first-order valence-electron chi connectivity index (χ1n) is 11.5. The average molecular weight is 567 g/mol.